The van der Waals surface area contributed by atoms with Crippen LogP contribution in [0.1, 0.15) is 29.1 Å². The zero-order valence-corrected chi connectivity index (χ0v) is 19.2. The van der Waals surface area contributed by atoms with Crippen molar-refractivity contribution in [3.05, 3.63) is 95.9 Å². The molecule has 0 saturated heterocycles. The van der Waals surface area contributed by atoms with E-state index in [1.165, 1.54) is 11.1 Å². The van der Waals surface area contributed by atoms with E-state index in [1.54, 1.807) is 13.3 Å². The molecule has 7 heteroatoms. The standard InChI is InChI=1S/C26H30N6O/c1-20-10-12-22(13-11-20)25-31-23(19-33-25)17-29-26(27-2)30-18-24-28-14-16-32(24)15-6-9-21-7-4-3-5-8-21/h3-5,7-8,10-14,16,19H,6,9,15,17-18H2,1-2H3,(H2,27,29,30). The minimum absolute atomic E-state index is 0.514. The third-order valence-corrected chi connectivity index (χ3v) is 5.43. The molecule has 2 aromatic carbocycles. The largest absolute Gasteiger partial charge is 0.444 e. The molecule has 2 N–H and O–H groups in total. The van der Waals surface area contributed by atoms with Gasteiger partial charge in [-0.1, -0.05) is 48.0 Å². The number of hydrogen-bond donors (Lipinski definition) is 2. The van der Waals surface area contributed by atoms with E-state index in [0.29, 0.717) is 24.9 Å². The highest BCUT2D eigenvalue weighted by Crippen LogP contribution is 2.19. The lowest BCUT2D eigenvalue weighted by atomic mass is 10.1. The summed E-state index contributed by atoms with van der Waals surface area (Å²) in [5, 5.41) is 6.62. The Bertz CT molecular complexity index is 1160. The number of benzene rings is 2. The number of aliphatic imine (C=N–C) groups is 1. The summed E-state index contributed by atoms with van der Waals surface area (Å²) in [5.41, 5.74) is 4.35. The topological polar surface area (TPSA) is 80.3 Å². The van der Waals surface area contributed by atoms with Crippen LogP contribution in [0.4, 0.5) is 0 Å². The van der Waals surface area contributed by atoms with Gasteiger partial charge < -0.3 is 19.6 Å². The minimum atomic E-state index is 0.514. The van der Waals surface area contributed by atoms with Gasteiger partial charge in [0.05, 0.1) is 18.8 Å². The summed E-state index contributed by atoms with van der Waals surface area (Å²) in [6.45, 7) is 4.09. The van der Waals surface area contributed by atoms with Gasteiger partial charge in [-0.3, -0.25) is 4.99 Å². The van der Waals surface area contributed by atoms with Crippen molar-refractivity contribution in [3.63, 3.8) is 0 Å². The molecular weight excluding hydrogens is 412 g/mol. The number of oxazole rings is 1. The van der Waals surface area contributed by atoms with Gasteiger partial charge in [-0.2, -0.15) is 0 Å². The molecule has 0 saturated carbocycles. The summed E-state index contributed by atoms with van der Waals surface area (Å²) in [6.07, 6.45) is 7.67. The van der Waals surface area contributed by atoms with Crippen molar-refractivity contribution < 1.29 is 4.42 Å². The minimum Gasteiger partial charge on any atom is -0.444 e. The molecule has 4 aromatic rings. The molecule has 0 fully saturated rings. The molecule has 2 aromatic heterocycles. The summed E-state index contributed by atoms with van der Waals surface area (Å²) in [4.78, 5) is 13.4. The molecule has 0 bridgehead atoms. The molecule has 0 radical (unpaired) electrons. The van der Waals surface area contributed by atoms with E-state index in [2.05, 4.69) is 79.5 Å². The normalized spacial score (nSPS) is 11.5. The molecule has 33 heavy (non-hydrogen) atoms. The molecule has 0 aliphatic carbocycles. The fraction of sp³-hybridized carbons (Fsp3) is 0.269. The second kappa shape index (κ2) is 11.1. The zero-order valence-electron chi connectivity index (χ0n) is 19.2. The van der Waals surface area contributed by atoms with E-state index >= 15 is 0 Å². The summed E-state index contributed by atoms with van der Waals surface area (Å²) in [5.74, 6) is 2.29. The first-order chi connectivity index (χ1) is 16.2. The molecule has 0 spiro atoms. The van der Waals surface area contributed by atoms with E-state index in [4.69, 9.17) is 4.42 Å². The highest BCUT2D eigenvalue weighted by atomic mass is 16.3. The lowest BCUT2D eigenvalue weighted by Crippen LogP contribution is -2.37. The number of imidazole rings is 1. The van der Waals surface area contributed by atoms with E-state index in [-0.39, 0.29) is 0 Å². The first-order valence-electron chi connectivity index (χ1n) is 11.2. The van der Waals surface area contributed by atoms with E-state index in [0.717, 1.165) is 36.5 Å². The van der Waals surface area contributed by atoms with Crippen molar-refractivity contribution in [2.75, 3.05) is 7.05 Å². The van der Waals surface area contributed by atoms with Crippen molar-refractivity contribution in [3.8, 4) is 11.5 Å². The number of nitrogens with one attached hydrogen (secondary N) is 2. The van der Waals surface area contributed by atoms with Crippen LogP contribution in [0.3, 0.4) is 0 Å². The number of hydrogen-bond acceptors (Lipinski definition) is 4. The quantitative estimate of drug-likeness (QED) is 0.298. The highest BCUT2D eigenvalue weighted by molar-refractivity contribution is 5.79. The van der Waals surface area contributed by atoms with E-state index in [1.807, 2.05) is 24.5 Å². The highest BCUT2D eigenvalue weighted by Gasteiger charge is 2.08. The maximum absolute atomic E-state index is 5.64. The maximum atomic E-state index is 5.64. The Labute approximate surface area is 194 Å². The first-order valence-corrected chi connectivity index (χ1v) is 11.2. The second-order valence-corrected chi connectivity index (χ2v) is 7.92. The van der Waals surface area contributed by atoms with Gasteiger partial charge >= 0.3 is 0 Å². The van der Waals surface area contributed by atoms with Crippen molar-refractivity contribution in [1.82, 2.24) is 25.2 Å². The van der Waals surface area contributed by atoms with Gasteiger partial charge in [0.25, 0.3) is 0 Å². The van der Waals surface area contributed by atoms with Crippen LogP contribution in [0.15, 0.2) is 82.7 Å². The Kier molecular flexibility index (Phi) is 7.53. The monoisotopic (exact) mass is 442 g/mol. The smallest absolute Gasteiger partial charge is 0.226 e. The summed E-state index contributed by atoms with van der Waals surface area (Å²) < 4.78 is 7.83. The molecule has 0 atom stereocenters. The predicted octanol–water partition coefficient (Wildman–Crippen LogP) is 4.34. The SMILES string of the molecule is CN=C(NCc1coc(-c2ccc(C)cc2)n1)NCc1nccn1CCCc1ccccc1. The lowest BCUT2D eigenvalue weighted by Gasteiger charge is -2.12. The van der Waals surface area contributed by atoms with Crippen LogP contribution in [0.25, 0.3) is 11.5 Å². The molecule has 4 rings (SSSR count). The van der Waals surface area contributed by atoms with Crippen LogP contribution in [-0.4, -0.2) is 27.5 Å². The Balaban J connectivity index is 1.25. The summed E-state index contributed by atoms with van der Waals surface area (Å²) >= 11 is 0. The molecule has 0 aliphatic heterocycles. The molecule has 170 valence electrons. The van der Waals surface area contributed by atoms with Crippen molar-refractivity contribution in [2.24, 2.45) is 4.99 Å². The van der Waals surface area contributed by atoms with Gasteiger partial charge in [0.1, 0.15) is 12.1 Å². The number of aromatic nitrogens is 3. The molecular formula is C26H30N6O. The average Bonchev–Trinajstić information content (AvgIpc) is 3.50. The van der Waals surface area contributed by atoms with Crippen LogP contribution in [0.5, 0.6) is 0 Å². The summed E-state index contributed by atoms with van der Waals surface area (Å²) in [6, 6.07) is 18.7. The molecule has 0 amide bonds. The van der Waals surface area contributed by atoms with Crippen LogP contribution < -0.4 is 10.6 Å². The summed E-state index contributed by atoms with van der Waals surface area (Å²) in [7, 11) is 1.75. The van der Waals surface area contributed by atoms with Crippen LogP contribution >= 0.6 is 0 Å². The van der Waals surface area contributed by atoms with Gasteiger partial charge in [0.2, 0.25) is 5.89 Å². The van der Waals surface area contributed by atoms with Gasteiger partial charge in [-0.25, -0.2) is 9.97 Å². The third-order valence-electron chi connectivity index (χ3n) is 5.43. The van der Waals surface area contributed by atoms with Crippen molar-refractivity contribution >= 4 is 5.96 Å². The molecule has 2 heterocycles. The lowest BCUT2D eigenvalue weighted by molar-refractivity contribution is 0.572. The average molecular weight is 443 g/mol. The van der Waals surface area contributed by atoms with E-state index < -0.39 is 0 Å². The molecule has 0 aliphatic rings. The number of rotatable bonds is 9. The third kappa shape index (κ3) is 6.32. The van der Waals surface area contributed by atoms with Gasteiger partial charge in [0.15, 0.2) is 5.96 Å². The van der Waals surface area contributed by atoms with E-state index in [9.17, 15) is 0 Å². The second-order valence-electron chi connectivity index (χ2n) is 7.92. The Morgan fingerprint density at radius 3 is 2.61 bits per heavy atom. The fourth-order valence-electron chi connectivity index (χ4n) is 3.58. The Morgan fingerprint density at radius 1 is 1.03 bits per heavy atom. The first kappa shape index (κ1) is 22.3. The molecule has 0 unspecified atom stereocenters. The van der Waals surface area contributed by atoms with Crippen molar-refractivity contribution in [1.29, 1.82) is 0 Å². The Hall–Kier alpha value is -3.87. The fourth-order valence-corrected chi connectivity index (χ4v) is 3.58. The van der Waals surface area contributed by atoms with Gasteiger partial charge in [0, 0.05) is 31.5 Å². The number of aryl methyl sites for hydroxylation is 3. The number of guanidine groups is 1. The molecule has 7 nitrogen and oxygen atoms in total. The zero-order chi connectivity index (χ0) is 22.9. The van der Waals surface area contributed by atoms with Gasteiger partial charge in [-0.05, 0) is 37.5 Å². The number of nitrogens with zero attached hydrogens (tertiary/aromatic N) is 4. The van der Waals surface area contributed by atoms with Crippen LogP contribution in [-0.2, 0) is 26.1 Å². The van der Waals surface area contributed by atoms with Crippen LogP contribution in [0, 0.1) is 6.92 Å². The Morgan fingerprint density at radius 2 is 1.82 bits per heavy atom. The maximum Gasteiger partial charge on any atom is 0.226 e. The van der Waals surface area contributed by atoms with Crippen molar-refractivity contribution in [2.45, 2.75) is 39.4 Å². The van der Waals surface area contributed by atoms with Gasteiger partial charge in [-0.15, -0.1) is 0 Å². The van der Waals surface area contributed by atoms with Crippen LogP contribution in [0.2, 0.25) is 0 Å². The predicted molar refractivity (Wildman–Crippen MR) is 131 cm³/mol.